The van der Waals surface area contributed by atoms with Gasteiger partial charge in [-0.2, -0.15) is 0 Å². The number of ether oxygens (including phenoxy) is 1. The van der Waals surface area contributed by atoms with E-state index in [0.717, 1.165) is 22.1 Å². The van der Waals surface area contributed by atoms with Crippen molar-refractivity contribution in [2.24, 2.45) is 0 Å². The minimum absolute atomic E-state index is 0.174. The molecular weight excluding hydrogens is 276 g/mol. The van der Waals surface area contributed by atoms with Crippen molar-refractivity contribution in [3.63, 3.8) is 0 Å². The summed E-state index contributed by atoms with van der Waals surface area (Å²) >= 11 is 0. The lowest BCUT2D eigenvalue weighted by Gasteiger charge is -2.08. The molecule has 0 radical (unpaired) electrons. The van der Waals surface area contributed by atoms with Gasteiger partial charge < -0.3 is 10.1 Å². The molecule has 4 nitrogen and oxygen atoms in total. The van der Waals surface area contributed by atoms with Crippen LogP contribution in [0.15, 0.2) is 60.8 Å². The van der Waals surface area contributed by atoms with Crippen LogP contribution in [0.2, 0.25) is 0 Å². The van der Waals surface area contributed by atoms with Crippen molar-refractivity contribution >= 4 is 16.7 Å². The Hall–Kier alpha value is -2.88. The number of carbonyl (C=O) groups is 1. The highest BCUT2D eigenvalue weighted by atomic mass is 16.5. The first-order valence-electron chi connectivity index (χ1n) is 7.03. The third-order valence-corrected chi connectivity index (χ3v) is 3.50. The molecule has 0 saturated heterocycles. The maximum atomic E-state index is 12.4. The first-order valence-corrected chi connectivity index (χ1v) is 7.03. The maximum absolute atomic E-state index is 12.4. The third kappa shape index (κ3) is 2.91. The van der Waals surface area contributed by atoms with Gasteiger partial charge in [-0.25, -0.2) is 0 Å². The molecule has 4 heteroatoms. The van der Waals surface area contributed by atoms with Crippen LogP contribution in [0.5, 0.6) is 5.75 Å². The van der Waals surface area contributed by atoms with E-state index in [1.165, 1.54) is 0 Å². The van der Waals surface area contributed by atoms with E-state index in [1.54, 1.807) is 13.3 Å². The number of benzene rings is 2. The molecule has 0 saturated carbocycles. The number of hydrogen-bond acceptors (Lipinski definition) is 3. The van der Waals surface area contributed by atoms with Crippen LogP contribution in [-0.2, 0) is 6.54 Å². The summed E-state index contributed by atoms with van der Waals surface area (Å²) in [5.74, 6) is 0.624. The zero-order valence-corrected chi connectivity index (χ0v) is 12.2. The predicted octanol–water partition coefficient (Wildman–Crippen LogP) is 3.17. The molecule has 0 unspecified atom stereocenters. The van der Waals surface area contributed by atoms with E-state index < -0.39 is 0 Å². The molecule has 0 atom stereocenters. The van der Waals surface area contributed by atoms with Crippen LogP contribution < -0.4 is 10.1 Å². The average Bonchev–Trinajstić information content (AvgIpc) is 2.59. The number of hydrogen-bond donors (Lipinski definition) is 1. The topological polar surface area (TPSA) is 51.2 Å². The smallest absolute Gasteiger partial charge is 0.270 e. The highest BCUT2D eigenvalue weighted by Gasteiger charge is 2.10. The second-order valence-electron chi connectivity index (χ2n) is 4.91. The van der Waals surface area contributed by atoms with E-state index in [-0.39, 0.29) is 5.91 Å². The number of methoxy groups -OCH3 is 1. The zero-order valence-electron chi connectivity index (χ0n) is 12.2. The quantitative estimate of drug-likeness (QED) is 0.803. The van der Waals surface area contributed by atoms with Gasteiger partial charge in [0.15, 0.2) is 0 Å². The van der Waals surface area contributed by atoms with E-state index in [9.17, 15) is 4.79 Å². The molecule has 3 rings (SSSR count). The van der Waals surface area contributed by atoms with Crippen molar-refractivity contribution in [2.45, 2.75) is 6.54 Å². The summed E-state index contributed by atoms with van der Waals surface area (Å²) in [6, 6.07) is 17.2. The third-order valence-electron chi connectivity index (χ3n) is 3.50. The van der Waals surface area contributed by atoms with Crippen molar-refractivity contribution in [3.8, 4) is 5.75 Å². The predicted molar refractivity (Wildman–Crippen MR) is 85.9 cm³/mol. The van der Waals surface area contributed by atoms with Crippen LogP contribution in [0, 0.1) is 0 Å². The Balaban J connectivity index is 1.75. The molecule has 3 aromatic rings. The van der Waals surface area contributed by atoms with Gasteiger partial charge in [0, 0.05) is 18.1 Å². The summed E-state index contributed by atoms with van der Waals surface area (Å²) in [5.41, 5.74) is 1.46. The van der Waals surface area contributed by atoms with Gasteiger partial charge in [0.25, 0.3) is 5.91 Å². The monoisotopic (exact) mass is 292 g/mol. The van der Waals surface area contributed by atoms with Crippen molar-refractivity contribution < 1.29 is 9.53 Å². The van der Waals surface area contributed by atoms with Crippen LogP contribution in [0.3, 0.4) is 0 Å². The molecule has 110 valence electrons. The Morgan fingerprint density at radius 2 is 1.86 bits per heavy atom. The Bertz CT molecular complexity index is 792. The second kappa shape index (κ2) is 6.26. The average molecular weight is 292 g/mol. The molecule has 0 aliphatic carbocycles. The van der Waals surface area contributed by atoms with E-state index in [0.29, 0.717) is 12.2 Å². The van der Waals surface area contributed by atoms with Gasteiger partial charge in [-0.15, -0.1) is 0 Å². The van der Waals surface area contributed by atoms with Crippen LogP contribution in [-0.4, -0.2) is 18.0 Å². The second-order valence-corrected chi connectivity index (χ2v) is 4.91. The molecule has 22 heavy (non-hydrogen) atoms. The van der Waals surface area contributed by atoms with E-state index in [2.05, 4.69) is 10.3 Å². The number of carbonyl (C=O) groups excluding carboxylic acids is 1. The first-order chi connectivity index (χ1) is 10.8. The summed E-state index contributed by atoms with van der Waals surface area (Å²) in [4.78, 5) is 16.6. The fraction of sp³-hybridized carbons (Fsp3) is 0.111. The van der Waals surface area contributed by atoms with Gasteiger partial charge in [-0.3, -0.25) is 9.78 Å². The highest BCUT2D eigenvalue weighted by molar-refractivity contribution is 6.05. The zero-order chi connectivity index (χ0) is 15.4. The minimum Gasteiger partial charge on any atom is -0.497 e. The Labute approximate surface area is 128 Å². The lowest BCUT2D eigenvalue weighted by atomic mass is 10.1. The maximum Gasteiger partial charge on any atom is 0.270 e. The molecule has 0 bridgehead atoms. The van der Waals surface area contributed by atoms with E-state index >= 15 is 0 Å². The molecular formula is C18H16N2O2. The minimum atomic E-state index is -0.174. The van der Waals surface area contributed by atoms with Gasteiger partial charge in [-0.1, -0.05) is 36.4 Å². The Kier molecular flexibility index (Phi) is 4.01. The Morgan fingerprint density at radius 3 is 2.64 bits per heavy atom. The van der Waals surface area contributed by atoms with Crippen molar-refractivity contribution in [2.75, 3.05) is 7.11 Å². The summed E-state index contributed by atoms with van der Waals surface area (Å²) in [7, 11) is 1.63. The largest absolute Gasteiger partial charge is 0.497 e. The molecule has 1 heterocycles. The number of fused-ring (bicyclic) bond motifs is 1. The Morgan fingerprint density at radius 1 is 1.09 bits per heavy atom. The van der Waals surface area contributed by atoms with Gasteiger partial charge in [0.2, 0.25) is 0 Å². The number of pyridine rings is 1. The summed E-state index contributed by atoms with van der Waals surface area (Å²) in [6.07, 6.45) is 1.66. The molecule has 2 aromatic carbocycles. The van der Waals surface area contributed by atoms with Crippen molar-refractivity contribution in [3.05, 3.63) is 72.1 Å². The standard InChI is InChI=1S/C18H16N2O2/c1-22-15-8-6-13(7-9-15)12-20-18(21)17-16-5-3-2-4-14(16)10-11-19-17/h2-11H,12H2,1H3,(H,20,21). The molecule has 0 fully saturated rings. The number of aromatic nitrogens is 1. The van der Waals surface area contributed by atoms with Crippen LogP contribution >= 0.6 is 0 Å². The van der Waals surface area contributed by atoms with Crippen LogP contribution in [0.25, 0.3) is 10.8 Å². The molecule has 1 N–H and O–H groups in total. The number of amides is 1. The van der Waals surface area contributed by atoms with Crippen molar-refractivity contribution in [1.82, 2.24) is 10.3 Å². The normalized spacial score (nSPS) is 10.4. The molecule has 0 aliphatic heterocycles. The number of nitrogens with one attached hydrogen (secondary N) is 1. The van der Waals surface area contributed by atoms with E-state index in [4.69, 9.17) is 4.74 Å². The van der Waals surface area contributed by atoms with Gasteiger partial charge >= 0.3 is 0 Å². The number of nitrogens with zero attached hydrogens (tertiary/aromatic N) is 1. The first kappa shape index (κ1) is 14.1. The van der Waals surface area contributed by atoms with Crippen molar-refractivity contribution in [1.29, 1.82) is 0 Å². The SMILES string of the molecule is COc1ccc(CNC(=O)c2nccc3ccccc23)cc1. The molecule has 1 amide bonds. The van der Waals surface area contributed by atoms with Gasteiger partial charge in [-0.05, 0) is 29.1 Å². The lowest BCUT2D eigenvalue weighted by molar-refractivity contribution is 0.0948. The molecule has 0 spiro atoms. The number of rotatable bonds is 4. The fourth-order valence-electron chi connectivity index (χ4n) is 2.31. The van der Waals surface area contributed by atoms with E-state index in [1.807, 2.05) is 54.6 Å². The fourth-order valence-corrected chi connectivity index (χ4v) is 2.31. The van der Waals surface area contributed by atoms with Crippen LogP contribution in [0.1, 0.15) is 16.1 Å². The summed E-state index contributed by atoms with van der Waals surface area (Å²) < 4.78 is 5.11. The van der Waals surface area contributed by atoms with Crippen LogP contribution in [0.4, 0.5) is 0 Å². The van der Waals surface area contributed by atoms with Gasteiger partial charge in [0.05, 0.1) is 7.11 Å². The van der Waals surface area contributed by atoms with Gasteiger partial charge in [0.1, 0.15) is 11.4 Å². The lowest BCUT2D eigenvalue weighted by Crippen LogP contribution is -2.24. The molecule has 1 aromatic heterocycles. The summed E-state index contributed by atoms with van der Waals surface area (Å²) in [6.45, 7) is 0.452. The summed E-state index contributed by atoms with van der Waals surface area (Å²) in [5, 5.41) is 4.77. The highest BCUT2D eigenvalue weighted by Crippen LogP contribution is 2.16. The molecule has 0 aliphatic rings.